The van der Waals surface area contributed by atoms with Crippen molar-refractivity contribution in [3.8, 4) is 11.5 Å². The molecule has 0 saturated heterocycles. The van der Waals surface area contributed by atoms with E-state index in [-0.39, 0.29) is 17.1 Å². The maximum Gasteiger partial charge on any atom is 0.260 e. The number of nitrogens with one attached hydrogen (secondary N) is 2. The van der Waals surface area contributed by atoms with Gasteiger partial charge in [0.2, 0.25) is 0 Å². The van der Waals surface area contributed by atoms with Gasteiger partial charge in [-0.25, -0.2) is 0 Å². The number of hydrogen-bond acceptors (Lipinski definition) is 4. The summed E-state index contributed by atoms with van der Waals surface area (Å²) in [4.78, 5) is 12.0. The number of H-pyrrole nitrogens is 1. The van der Waals surface area contributed by atoms with Gasteiger partial charge in [0.1, 0.15) is 5.82 Å². The molecule has 0 unspecified atom stereocenters. The molecule has 1 amide bonds. The van der Waals surface area contributed by atoms with Crippen LogP contribution >= 0.6 is 0 Å². The van der Waals surface area contributed by atoms with Gasteiger partial charge < -0.3 is 15.2 Å². The van der Waals surface area contributed by atoms with Crippen molar-refractivity contribution in [2.75, 3.05) is 12.4 Å². The first kappa shape index (κ1) is 12.0. The third-order valence-corrected chi connectivity index (χ3v) is 2.53. The van der Waals surface area contributed by atoms with Gasteiger partial charge in [-0.3, -0.25) is 9.89 Å². The number of aryl methyl sites for hydroxylation is 1. The number of nitrogens with zero attached hydrogens (tertiary/aromatic N) is 1. The van der Waals surface area contributed by atoms with Gasteiger partial charge >= 0.3 is 0 Å². The van der Waals surface area contributed by atoms with Crippen molar-refractivity contribution in [3.05, 3.63) is 35.5 Å². The van der Waals surface area contributed by atoms with Gasteiger partial charge in [-0.05, 0) is 19.1 Å². The van der Waals surface area contributed by atoms with Crippen LogP contribution in [0.3, 0.4) is 0 Å². The molecule has 0 atom stereocenters. The maximum atomic E-state index is 12.0. The number of methoxy groups -OCH3 is 1. The van der Waals surface area contributed by atoms with E-state index in [9.17, 15) is 9.90 Å². The highest BCUT2D eigenvalue weighted by Crippen LogP contribution is 2.29. The standard InChI is InChI=1S/C12H13N3O3/c1-7-6-13-15-11(7)14-12(17)8-4-3-5-9(18-2)10(8)16/h3-6,16H,1-2H3,(H2,13,14,15,17). The first-order valence-corrected chi connectivity index (χ1v) is 5.30. The molecule has 3 N–H and O–H groups in total. The molecule has 1 aromatic carbocycles. The Hall–Kier alpha value is -2.50. The van der Waals surface area contributed by atoms with Crippen LogP contribution in [0.15, 0.2) is 24.4 Å². The Balaban J connectivity index is 2.27. The summed E-state index contributed by atoms with van der Waals surface area (Å²) in [5.74, 6) is 0.139. The third-order valence-electron chi connectivity index (χ3n) is 2.53. The number of carbonyl (C=O) groups is 1. The molecule has 0 radical (unpaired) electrons. The Morgan fingerprint density at radius 1 is 1.50 bits per heavy atom. The van der Waals surface area contributed by atoms with E-state index in [4.69, 9.17) is 4.74 Å². The number of hydrogen-bond donors (Lipinski definition) is 3. The number of aromatic nitrogens is 2. The molecule has 0 spiro atoms. The van der Waals surface area contributed by atoms with E-state index in [1.165, 1.54) is 13.2 Å². The van der Waals surface area contributed by atoms with Crippen molar-refractivity contribution in [1.29, 1.82) is 0 Å². The molecular formula is C12H13N3O3. The summed E-state index contributed by atoms with van der Waals surface area (Å²) < 4.78 is 4.94. The van der Waals surface area contributed by atoms with E-state index in [1.54, 1.807) is 18.3 Å². The lowest BCUT2D eigenvalue weighted by Gasteiger charge is -2.08. The molecule has 2 rings (SSSR count). The second-order valence-electron chi connectivity index (χ2n) is 3.74. The van der Waals surface area contributed by atoms with E-state index in [0.717, 1.165) is 5.56 Å². The summed E-state index contributed by atoms with van der Waals surface area (Å²) in [6.45, 7) is 1.81. The highest BCUT2D eigenvalue weighted by atomic mass is 16.5. The summed E-state index contributed by atoms with van der Waals surface area (Å²) in [6, 6.07) is 4.72. The summed E-state index contributed by atoms with van der Waals surface area (Å²) in [5.41, 5.74) is 0.953. The fraction of sp³-hybridized carbons (Fsp3) is 0.167. The van der Waals surface area contributed by atoms with Crippen molar-refractivity contribution < 1.29 is 14.6 Å². The molecule has 0 saturated carbocycles. The molecule has 0 aliphatic rings. The quantitative estimate of drug-likeness (QED) is 0.770. The molecule has 1 aromatic heterocycles. The number of amides is 1. The largest absolute Gasteiger partial charge is 0.504 e. The zero-order chi connectivity index (χ0) is 13.1. The van der Waals surface area contributed by atoms with Crippen LogP contribution < -0.4 is 10.1 Å². The second-order valence-corrected chi connectivity index (χ2v) is 3.74. The minimum atomic E-state index is -0.432. The summed E-state index contributed by atoms with van der Waals surface area (Å²) in [5, 5.41) is 18.9. The number of phenolic OH excluding ortho intramolecular Hbond substituents is 1. The van der Waals surface area contributed by atoms with Crippen molar-refractivity contribution in [2.45, 2.75) is 6.92 Å². The lowest BCUT2D eigenvalue weighted by atomic mass is 10.1. The van der Waals surface area contributed by atoms with Crippen molar-refractivity contribution in [1.82, 2.24) is 10.2 Å². The van der Waals surface area contributed by atoms with E-state index in [0.29, 0.717) is 5.82 Å². The predicted octanol–water partition coefficient (Wildman–Crippen LogP) is 1.68. The summed E-state index contributed by atoms with van der Waals surface area (Å²) in [7, 11) is 1.43. The van der Waals surface area contributed by atoms with Gasteiger partial charge in [-0.2, -0.15) is 5.10 Å². The number of aromatic amines is 1. The zero-order valence-corrected chi connectivity index (χ0v) is 10.0. The average molecular weight is 247 g/mol. The van der Waals surface area contributed by atoms with Crippen LogP contribution in [-0.4, -0.2) is 28.3 Å². The minimum absolute atomic E-state index is 0.142. The first-order valence-electron chi connectivity index (χ1n) is 5.30. The minimum Gasteiger partial charge on any atom is -0.504 e. The van der Waals surface area contributed by atoms with E-state index < -0.39 is 5.91 Å². The Labute approximate surface area is 104 Å². The molecular weight excluding hydrogens is 234 g/mol. The van der Waals surface area contributed by atoms with Gasteiger partial charge in [0.05, 0.1) is 18.9 Å². The van der Waals surface area contributed by atoms with Crippen LogP contribution in [0.25, 0.3) is 0 Å². The van der Waals surface area contributed by atoms with Crippen molar-refractivity contribution in [2.24, 2.45) is 0 Å². The highest BCUT2D eigenvalue weighted by molar-refractivity contribution is 6.06. The fourth-order valence-corrected chi connectivity index (χ4v) is 1.52. The number of anilines is 1. The van der Waals surface area contributed by atoms with Gasteiger partial charge in [0.25, 0.3) is 5.91 Å². The van der Waals surface area contributed by atoms with Crippen molar-refractivity contribution >= 4 is 11.7 Å². The molecule has 0 aliphatic carbocycles. The van der Waals surface area contributed by atoms with E-state index in [2.05, 4.69) is 15.5 Å². The van der Waals surface area contributed by atoms with Crippen LogP contribution in [-0.2, 0) is 0 Å². The lowest BCUT2D eigenvalue weighted by molar-refractivity contribution is 0.102. The Bertz CT molecular complexity index is 578. The Kier molecular flexibility index (Phi) is 3.18. The van der Waals surface area contributed by atoms with Crippen LogP contribution in [0.5, 0.6) is 11.5 Å². The number of rotatable bonds is 3. The van der Waals surface area contributed by atoms with Gasteiger partial charge in [0, 0.05) is 5.56 Å². The number of para-hydroxylation sites is 1. The summed E-state index contributed by atoms with van der Waals surface area (Å²) >= 11 is 0. The van der Waals surface area contributed by atoms with E-state index >= 15 is 0 Å². The van der Waals surface area contributed by atoms with E-state index in [1.807, 2.05) is 6.92 Å². The second kappa shape index (κ2) is 4.79. The third kappa shape index (κ3) is 2.13. The Morgan fingerprint density at radius 2 is 2.28 bits per heavy atom. The van der Waals surface area contributed by atoms with Crippen LogP contribution in [0.1, 0.15) is 15.9 Å². The molecule has 2 aromatic rings. The molecule has 18 heavy (non-hydrogen) atoms. The predicted molar refractivity (Wildman–Crippen MR) is 65.9 cm³/mol. The van der Waals surface area contributed by atoms with Crippen LogP contribution in [0.4, 0.5) is 5.82 Å². The molecule has 0 aliphatic heterocycles. The van der Waals surface area contributed by atoms with Crippen LogP contribution in [0, 0.1) is 6.92 Å². The summed E-state index contributed by atoms with van der Waals surface area (Å²) in [6.07, 6.45) is 1.60. The fourth-order valence-electron chi connectivity index (χ4n) is 1.52. The SMILES string of the molecule is COc1cccc(C(=O)Nc2[nH]ncc2C)c1O. The monoisotopic (exact) mass is 247 g/mol. The molecule has 94 valence electrons. The number of ether oxygens (including phenoxy) is 1. The topological polar surface area (TPSA) is 87.2 Å². The normalized spacial score (nSPS) is 10.1. The average Bonchev–Trinajstić information content (AvgIpc) is 2.75. The lowest BCUT2D eigenvalue weighted by Crippen LogP contribution is -2.13. The van der Waals surface area contributed by atoms with Gasteiger partial charge in [-0.15, -0.1) is 0 Å². The van der Waals surface area contributed by atoms with Gasteiger partial charge in [-0.1, -0.05) is 6.07 Å². The molecule has 0 fully saturated rings. The molecule has 0 bridgehead atoms. The smallest absolute Gasteiger partial charge is 0.260 e. The molecule has 6 nitrogen and oxygen atoms in total. The van der Waals surface area contributed by atoms with Crippen molar-refractivity contribution in [3.63, 3.8) is 0 Å². The molecule has 1 heterocycles. The number of carbonyl (C=O) groups excluding carboxylic acids is 1. The van der Waals surface area contributed by atoms with Gasteiger partial charge in [0.15, 0.2) is 11.5 Å². The first-order chi connectivity index (χ1) is 8.63. The maximum absolute atomic E-state index is 12.0. The number of aromatic hydroxyl groups is 1. The highest BCUT2D eigenvalue weighted by Gasteiger charge is 2.15. The Morgan fingerprint density at radius 3 is 2.89 bits per heavy atom. The number of benzene rings is 1. The molecule has 6 heteroatoms. The number of phenols is 1. The van der Waals surface area contributed by atoms with Crippen LogP contribution in [0.2, 0.25) is 0 Å². The zero-order valence-electron chi connectivity index (χ0n) is 10.0.